The second kappa shape index (κ2) is 7.40. The van der Waals surface area contributed by atoms with Crippen molar-refractivity contribution < 1.29 is 19.8 Å². The number of rotatable bonds is 5. The highest BCUT2D eigenvalue weighted by Crippen LogP contribution is 2.23. The number of carbonyl (C=O) groups is 2. The molecule has 1 fully saturated rings. The van der Waals surface area contributed by atoms with E-state index in [1.54, 1.807) is 4.90 Å². The highest BCUT2D eigenvalue weighted by atomic mass is 16.4. The summed E-state index contributed by atoms with van der Waals surface area (Å²) in [6, 6.07) is 8.24. The van der Waals surface area contributed by atoms with Crippen LogP contribution in [0.15, 0.2) is 24.3 Å². The van der Waals surface area contributed by atoms with E-state index >= 15 is 0 Å². The Morgan fingerprint density at radius 1 is 1.32 bits per heavy atom. The SMILES string of the molecule is Cc1cccc(C[C@H]2CCN(C(=O)CCC(=O)O)C[C@H]2O)c1. The minimum atomic E-state index is -0.969. The molecule has 120 valence electrons. The molecule has 2 N–H and O–H groups in total. The molecule has 2 rings (SSSR count). The van der Waals surface area contributed by atoms with Crippen LogP contribution in [-0.4, -0.2) is 46.2 Å². The molecule has 1 aliphatic heterocycles. The number of β-amino-alcohol motifs (C(OH)–C–C–N with tert-alkyl or cyclic N) is 1. The number of benzene rings is 1. The molecule has 0 saturated carbocycles. The third kappa shape index (κ3) is 4.56. The van der Waals surface area contributed by atoms with Gasteiger partial charge < -0.3 is 15.1 Å². The zero-order chi connectivity index (χ0) is 16.1. The van der Waals surface area contributed by atoms with Crippen LogP contribution >= 0.6 is 0 Å². The molecule has 1 amide bonds. The minimum absolute atomic E-state index is 0.00456. The second-order valence-electron chi connectivity index (χ2n) is 6.04. The van der Waals surface area contributed by atoms with Gasteiger partial charge in [-0.05, 0) is 31.2 Å². The third-order valence-corrected chi connectivity index (χ3v) is 4.21. The van der Waals surface area contributed by atoms with Gasteiger partial charge in [0, 0.05) is 19.5 Å². The summed E-state index contributed by atoms with van der Waals surface area (Å²) in [5.41, 5.74) is 2.41. The standard InChI is InChI=1S/C17H23NO4/c1-12-3-2-4-13(9-12)10-14-7-8-18(11-15(14)19)16(20)5-6-17(21)22/h2-4,9,14-15,19H,5-8,10-11H2,1H3,(H,21,22)/t14-,15-/m1/s1. The van der Waals surface area contributed by atoms with E-state index in [9.17, 15) is 14.7 Å². The predicted octanol–water partition coefficient (Wildman–Crippen LogP) is 1.61. The number of aliphatic hydroxyl groups excluding tert-OH is 1. The maximum absolute atomic E-state index is 11.9. The minimum Gasteiger partial charge on any atom is -0.481 e. The average Bonchev–Trinajstić information content (AvgIpc) is 2.47. The first-order valence-electron chi connectivity index (χ1n) is 7.69. The Balaban J connectivity index is 1.87. The van der Waals surface area contributed by atoms with Crippen molar-refractivity contribution in [2.45, 2.75) is 38.7 Å². The van der Waals surface area contributed by atoms with E-state index in [4.69, 9.17) is 5.11 Å². The topological polar surface area (TPSA) is 77.8 Å². The van der Waals surface area contributed by atoms with Gasteiger partial charge in [0.15, 0.2) is 0 Å². The molecule has 2 atom stereocenters. The quantitative estimate of drug-likeness (QED) is 0.866. The Morgan fingerprint density at radius 3 is 2.73 bits per heavy atom. The van der Waals surface area contributed by atoms with Crippen molar-refractivity contribution in [1.82, 2.24) is 4.90 Å². The number of likely N-dealkylation sites (tertiary alicyclic amines) is 1. The third-order valence-electron chi connectivity index (χ3n) is 4.21. The van der Waals surface area contributed by atoms with Crippen molar-refractivity contribution in [2.24, 2.45) is 5.92 Å². The summed E-state index contributed by atoms with van der Waals surface area (Å²) >= 11 is 0. The molecule has 1 aliphatic rings. The Bertz CT molecular complexity index is 543. The van der Waals surface area contributed by atoms with Gasteiger partial charge in [-0.2, -0.15) is 0 Å². The summed E-state index contributed by atoms with van der Waals surface area (Å²) in [4.78, 5) is 24.0. The van der Waals surface area contributed by atoms with Gasteiger partial charge in [0.25, 0.3) is 0 Å². The average molecular weight is 305 g/mol. The van der Waals surface area contributed by atoms with Crippen molar-refractivity contribution >= 4 is 11.9 Å². The Kier molecular flexibility index (Phi) is 5.55. The number of aliphatic carboxylic acids is 1. The van der Waals surface area contributed by atoms with Crippen LogP contribution in [0.4, 0.5) is 0 Å². The van der Waals surface area contributed by atoms with Crippen molar-refractivity contribution in [3.05, 3.63) is 35.4 Å². The number of amides is 1. The first-order valence-corrected chi connectivity index (χ1v) is 7.69. The first kappa shape index (κ1) is 16.5. The lowest BCUT2D eigenvalue weighted by Gasteiger charge is -2.36. The molecule has 1 saturated heterocycles. The monoisotopic (exact) mass is 305 g/mol. The predicted molar refractivity (Wildman–Crippen MR) is 82.4 cm³/mol. The molecule has 1 aromatic rings. The lowest BCUT2D eigenvalue weighted by atomic mass is 9.87. The van der Waals surface area contributed by atoms with Crippen LogP contribution < -0.4 is 0 Å². The molecule has 5 nitrogen and oxygen atoms in total. The number of nitrogens with zero attached hydrogens (tertiary/aromatic N) is 1. The van der Waals surface area contributed by atoms with E-state index < -0.39 is 12.1 Å². The number of carboxylic acids is 1. The molecule has 5 heteroatoms. The van der Waals surface area contributed by atoms with E-state index in [1.807, 2.05) is 19.1 Å². The highest BCUT2D eigenvalue weighted by molar-refractivity contribution is 5.80. The smallest absolute Gasteiger partial charge is 0.303 e. The number of aryl methyl sites for hydroxylation is 1. The van der Waals surface area contributed by atoms with Crippen LogP contribution in [0.2, 0.25) is 0 Å². The van der Waals surface area contributed by atoms with Gasteiger partial charge in [-0.1, -0.05) is 29.8 Å². The molecule has 22 heavy (non-hydrogen) atoms. The lowest BCUT2D eigenvalue weighted by Crippen LogP contribution is -2.47. The molecule has 1 heterocycles. The van der Waals surface area contributed by atoms with Crippen LogP contribution in [0.1, 0.15) is 30.4 Å². The van der Waals surface area contributed by atoms with Crippen molar-refractivity contribution in [3.8, 4) is 0 Å². The highest BCUT2D eigenvalue weighted by Gasteiger charge is 2.30. The number of piperidine rings is 1. The first-order chi connectivity index (χ1) is 10.5. The van der Waals surface area contributed by atoms with Gasteiger partial charge in [0.2, 0.25) is 5.91 Å². The molecular weight excluding hydrogens is 282 g/mol. The van der Waals surface area contributed by atoms with Crippen molar-refractivity contribution in [3.63, 3.8) is 0 Å². The van der Waals surface area contributed by atoms with Crippen molar-refractivity contribution in [1.29, 1.82) is 0 Å². The largest absolute Gasteiger partial charge is 0.481 e. The second-order valence-corrected chi connectivity index (χ2v) is 6.04. The van der Waals surface area contributed by atoms with E-state index in [1.165, 1.54) is 11.1 Å². The summed E-state index contributed by atoms with van der Waals surface area (Å²) in [6.07, 6.45) is 0.847. The van der Waals surface area contributed by atoms with Crippen LogP contribution in [0.5, 0.6) is 0 Å². The van der Waals surface area contributed by atoms with Crippen LogP contribution in [-0.2, 0) is 16.0 Å². The van der Waals surface area contributed by atoms with Gasteiger partial charge in [-0.25, -0.2) is 0 Å². The molecule has 0 unspecified atom stereocenters. The Hall–Kier alpha value is -1.88. The summed E-state index contributed by atoms with van der Waals surface area (Å²) < 4.78 is 0. The number of hydrogen-bond acceptors (Lipinski definition) is 3. The molecular formula is C17H23NO4. The van der Waals surface area contributed by atoms with Gasteiger partial charge in [0.1, 0.15) is 0 Å². The van der Waals surface area contributed by atoms with Crippen LogP contribution in [0.3, 0.4) is 0 Å². The molecule has 0 spiro atoms. The van der Waals surface area contributed by atoms with Gasteiger partial charge in [0.05, 0.1) is 12.5 Å². The zero-order valence-corrected chi connectivity index (χ0v) is 12.9. The molecule has 0 bridgehead atoms. The Morgan fingerprint density at radius 2 is 2.09 bits per heavy atom. The number of carbonyl (C=O) groups excluding carboxylic acids is 1. The molecule has 0 aromatic heterocycles. The fraction of sp³-hybridized carbons (Fsp3) is 0.529. The van der Waals surface area contributed by atoms with Crippen LogP contribution in [0.25, 0.3) is 0 Å². The number of hydrogen-bond donors (Lipinski definition) is 2. The fourth-order valence-corrected chi connectivity index (χ4v) is 2.96. The Labute approximate surface area is 130 Å². The van der Waals surface area contributed by atoms with Crippen molar-refractivity contribution in [2.75, 3.05) is 13.1 Å². The maximum Gasteiger partial charge on any atom is 0.303 e. The zero-order valence-electron chi connectivity index (χ0n) is 12.9. The number of carboxylic acid groups (broad SMARTS) is 1. The molecule has 0 aliphatic carbocycles. The van der Waals surface area contributed by atoms with Gasteiger partial charge in [-0.3, -0.25) is 9.59 Å². The lowest BCUT2D eigenvalue weighted by molar-refractivity contribution is -0.142. The van der Waals surface area contributed by atoms with Crippen LogP contribution in [0, 0.1) is 12.8 Å². The molecule has 0 radical (unpaired) electrons. The maximum atomic E-state index is 11.9. The van der Waals surface area contributed by atoms with Gasteiger partial charge in [-0.15, -0.1) is 0 Å². The normalized spacial score (nSPS) is 21.6. The summed E-state index contributed by atoms with van der Waals surface area (Å²) in [7, 11) is 0. The summed E-state index contributed by atoms with van der Waals surface area (Å²) in [5, 5.41) is 18.9. The van der Waals surface area contributed by atoms with E-state index in [-0.39, 0.29) is 24.7 Å². The number of aliphatic hydroxyl groups is 1. The fourth-order valence-electron chi connectivity index (χ4n) is 2.96. The molecule has 1 aromatic carbocycles. The summed E-state index contributed by atoms with van der Waals surface area (Å²) in [5.74, 6) is -1.01. The van der Waals surface area contributed by atoms with Gasteiger partial charge >= 0.3 is 5.97 Å². The van der Waals surface area contributed by atoms with E-state index in [2.05, 4.69) is 12.1 Å². The van der Waals surface area contributed by atoms with E-state index in [0.29, 0.717) is 13.1 Å². The van der Waals surface area contributed by atoms with E-state index in [0.717, 1.165) is 12.8 Å². The summed E-state index contributed by atoms with van der Waals surface area (Å²) in [6.45, 7) is 2.94.